The van der Waals surface area contributed by atoms with Crippen molar-refractivity contribution >= 4 is 17.4 Å². The van der Waals surface area contributed by atoms with Crippen LogP contribution >= 0.6 is 11.6 Å². The Balaban J connectivity index is 1.99. The SMILES string of the molecule is CC(C)(c1ccnc(Cl)c1)C1COc2ccccc2C1=O. The van der Waals surface area contributed by atoms with E-state index in [4.69, 9.17) is 16.3 Å². The van der Waals surface area contributed by atoms with Crippen LogP contribution in [0.3, 0.4) is 0 Å². The number of hydrogen-bond acceptors (Lipinski definition) is 3. The average molecular weight is 302 g/mol. The van der Waals surface area contributed by atoms with Gasteiger partial charge in [-0.25, -0.2) is 4.98 Å². The third-order valence-electron chi connectivity index (χ3n) is 4.22. The van der Waals surface area contributed by atoms with E-state index in [1.165, 1.54) is 0 Å². The molecule has 0 aliphatic carbocycles. The van der Waals surface area contributed by atoms with Crippen molar-refractivity contribution in [1.29, 1.82) is 0 Å². The van der Waals surface area contributed by atoms with Gasteiger partial charge < -0.3 is 4.74 Å². The summed E-state index contributed by atoms with van der Waals surface area (Å²) in [7, 11) is 0. The Labute approximate surface area is 128 Å². The number of aromatic nitrogens is 1. The highest BCUT2D eigenvalue weighted by molar-refractivity contribution is 6.29. The number of fused-ring (bicyclic) bond motifs is 1. The first-order valence-electron chi connectivity index (χ1n) is 6.88. The largest absolute Gasteiger partial charge is 0.492 e. The molecule has 0 saturated carbocycles. The molecule has 2 heterocycles. The van der Waals surface area contributed by atoms with Gasteiger partial charge in [0.2, 0.25) is 0 Å². The van der Waals surface area contributed by atoms with Crippen molar-refractivity contribution in [3.05, 3.63) is 58.9 Å². The standard InChI is InChI=1S/C17H16ClNO2/c1-17(2,11-7-8-19-15(18)9-11)13-10-21-14-6-4-3-5-12(14)16(13)20/h3-9,13H,10H2,1-2H3. The maximum Gasteiger partial charge on any atom is 0.173 e. The number of para-hydroxylation sites is 1. The summed E-state index contributed by atoms with van der Waals surface area (Å²) in [5.41, 5.74) is 1.27. The highest BCUT2D eigenvalue weighted by Gasteiger charge is 2.41. The third kappa shape index (κ3) is 2.42. The first-order chi connectivity index (χ1) is 10.00. The molecule has 3 nitrogen and oxygen atoms in total. The first-order valence-corrected chi connectivity index (χ1v) is 7.26. The quantitative estimate of drug-likeness (QED) is 0.790. The zero-order valence-corrected chi connectivity index (χ0v) is 12.7. The summed E-state index contributed by atoms with van der Waals surface area (Å²) < 4.78 is 5.78. The maximum absolute atomic E-state index is 12.8. The minimum absolute atomic E-state index is 0.120. The molecule has 108 valence electrons. The highest BCUT2D eigenvalue weighted by atomic mass is 35.5. The fourth-order valence-electron chi connectivity index (χ4n) is 2.77. The molecule has 1 atom stereocenters. The van der Waals surface area contributed by atoms with Crippen molar-refractivity contribution in [2.45, 2.75) is 19.3 Å². The van der Waals surface area contributed by atoms with Gasteiger partial charge in [-0.15, -0.1) is 0 Å². The van der Waals surface area contributed by atoms with Crippen molar-refractivity contribution in [2.75, 3.05) is 6.61 Å². The topological polar surface area (TPSA) is 39.2 Å². The van der Waals surface area contributed by atoms with E-state index in [-0.39, 0.29) is 17.1 Å². The highest BCUT2D eigenvalue weighted by Crippen LogP contribution is 2.39. The Morgan fingerprint density at radius 3 is 2.81 bits per heavy atom. The van der Waals surface area contributed by atoms with E-state index in [0.717, 1.165) is 5.56 Å². The molecule has 0 N–H and O–H groups in total. The normalized spacial score (nSPS) is 18.0. The van der Waals surface area contributed by atoms with E-state index < -0.39 is 0 Å². The molecule has 1 aromatic carbocycles. The minimum Gasteiger partial charge on any atom is -0.492 e. The predicted molar refractivity (Wildman–Crippen MR) is 82.0 cm³/mol. The molecule has 3 rings (SSSR count). The van der Waals surface area contributed by atoms with Crippen LogP contribution in [0.25, 0.3) is 0 Å². The van der Waals surface area contributed by atoms with Gasteiger partial charge in [0.15, 0.2) is 5.78 Å². The van der Waals surface area contributed by atoms with Crippen molar-refractivity contribution < 1.29 is 9.53 Å². The van der Waals surface area contributed by atoms with Gasteiger partial charge in [0.1, 0.15) is 10.9 Å². The number of ether oxygens (including phenoxy) is 1. The van der Waals surface area contributed by atoms with Crippen LogP contribution < -0.4 is 4.74 Å². The Morgan fingerprint density at radius 2 is 2.05 bits per heavy atom. The molecule has 1 aliphatic heterocycles. The van der Waals surface area contributed by atoms with Crippen molar-refractivity contribution in [1.82, 2.24) is 4.98 Å². The number of hydrogen-bond donors (Lipinski definition) is 0. The molecule has 1 aromatic heterocycles. The summed E-state index contributed by atoms with van der Waals surface area (Å²) in [5.74, 6) is 0.544. The number of ketones is 1. The zero-order valence-electron chi connectivity index (χ0n) is 12.0. The van der Waals surface area contributed by atoms with Crippen LogP contribution in [0.1, 0.15) is 29.8 Å². The summed E-state index contributed by atoms with van der Waals surface area (Å²) in [6.45, 7) is 4.46. The van der Waals surface area contributed by atoms with Crippen LogP contribution in [0, 0.1) is 5.92 Å². The molecule has 0 bridgehead atoms. The summed E-state index contributed by atoms with van der Waals surface area (Å²) in [4.78, 5) is 16.8. The van der Waals surface area contributed by atoms with Gasteiger partial charge in [-0.2, -0.15) is 0 Å². The Hall–Kier alpha value is -1.87. The molecular formula is C17H16ClNO2. The van der Waals surface area contributed by atoms with Gasteiger partial charge in [-0.3, -0.25) is 4.79 Å². The van der Waals surface area contributed by atoms with Crippen LogP contribution in [-0.4, -0.2) is 17.4 Å². The number of carbonyl (C=O) groups is 1. The fourth-order valence-corrected chi connectivity index (χ4v) is 2.95. The summed E-state index contributed by atoms with van der Waals surface area (Å²) in [6.07, 6.45) is 1.67. The number of rotatable bonds is 2. The van der Waals surface area contributed by atoms with E-state index in [9.17, 15) is 4.79 Å². The van der Waals surface area contributed by atoms with Gasteiger partial charge in [0.05, 0.1) is 18.1 Å². The number of benzene rings is 1. The van der Waals surface area contributed by atoms with Crippen LogP contribution in [0.15, 0.2) is 42.6 Å². The van der Waals surface area contributed by atoms with Gasteiger partial charge in [-0.05, 0) is 29.8 Å². The van der Waals surface area contributed by atoms with Gasteiger partial charge in [0, 0.05) is 11.6 Å². The molecule has 0 radical (unpaired) electrons. The van der Waals surface area contributed by atoms with Crippen molar-refractivity contribution in [3.8, 4) is 5.75 Å². The number of Topliss-reactive ketones (excluding diaryl/α,β-unsaturated/α-hetero) is 1. The summed E-state index contributed by atoms with van der Waals surface area (Å²) >= 11 is 5.98. The summed E-state index contributed by atoms with van der Waals surface area (Å²) in [6, 6.07) is 11.1. The van der Waals surface area contributed by atoms with E-state index in [0.29, 0.717) is 23.1 Å². The Kier molecular flexibility index (Phi) is 3.46. The third-order valence-corrected chi connectivity index (χ3v) is 4.42. The Morgan fingerprint density at radius 1 is 1.29 bits per heavy atom. The fraction of sp³-hybridized carbons (Fsp3) is 0.294. The van der Waals surface area contributed by atoms with Crippen LogP contribution in [0.4, 0.5) is 0 Å². The predicted octanol–water partition coefficient (Wildman–Crippen LogP) is 3.90. The van der Waals surface area contributed by atoms with Crippen molar-refractivity contribution in [3.63, 3.8) is 0 Å². The molecule has 0 amide bonds. The molecule has 0 saturated heterocycles. The molecule has 2 aromatic rings. The van der Waals surface area contributed by atoms with Crippen LogP contribution in [-0.2, 0) is 5.41 Å². The van der Waals surface area contributed by atoms with Gasteiger partial charge in [0.25, 0.3) is 0 Å². The van der Waals surface area contributed by atoms with E-state index >= 15 is 0 Å². The molecule has 0 fully saturated rings. The average Bonchev–Trinajstić information content (AvgIpc) is 2.47. The lowest BCUT2D eigenvalue weighted by atomic mass is 9.70. The van der Waals surface area contributed by atoms with Crippen molar-refractivity contribution in [2.24, 2.45) is 5.92 Å². The minimum atomic E-state index is -0.378. The second-order valence-corrected chi connectivity index (χ2v) is 6.20. The van der Waals surface area contributed by atoms with Crippen LogP contribution in [0.5, 0.6) is 5.75 Å². The maximum atomic E-state index is 12.8. The molecule has 1 aliphatic rings. The molecular weight excluding hydrogens is 286 g/mol. The second kappa shape index (κ2) is 5.15. The lowest BCUT2D eigenvalue weighted by Gasteiger charge is -2.36. The molecule has 4 heteroatoms. The number of nitrogens with zero attached hydrogens (tertiary/aromatic N) is 1. The summed E-state index contributed by atoms with van der Waals surface area (Å²) in [5, 5.41) is 0.435. The number of carbonyl (C=O) groups excluding carboxylic acids is 1. The van der Waals surface area contributed by atoms with E-state index in [1.54, 1.807) is 6.20 Å². The van der Waals surface area contributed by atoms with E-state index in [1.807, 2.05) is 50.2 Å². The number of halogens is 1. The number of pyridine rings is 1. The molecule has 21 heavy (non-hydrogen) atoms. The zero-order chi connectivity index (χ0) is 15.0. The van der Waals surface area contributed by atoms with Crippen LogP contribution in [0.2, 0.25) is 5.15 Å². The smallest absolute Gasteiger partial charge is 0.173 e. The first kappa shape index (κ1) is 14.1. The van der Waals surface area contributed by atoms with Gasteiger partial charge in [-0.1, -0.05) is 37.6 Å². The van der Waals surface area contributed by atoms with E-state index in [2.05, 4.69) is 4.98 Å². The lowest BCUT2D eigenvalue weighted by molar-refractivity contribution is 0.0737. The monoisotopic (exact) mass is 301 g/mol. The lowest BCUT2D eigenvalue weighted by Crippen LogP contribution is -2.41. The Bertz CT molecular complexity index is 697. The molecule has 1 unspecified atom stereocenters. The van der Waals surface area contributed by atoms with Gasteiger partial charge >= 0.3 is 0 Å². The molecule has 0 spiro atoms. The second-order valence-electron chi connectivity index (χ2n) is 5.81.